The third-order valence-corrected chi connectivity index (χ3v) is 10.9. The number of hydrogen-bond donors (Lipinski definition) is 0. The molecule has 0 heterocycles. The molecule has 224 valence electrons. The first-order valence-corrected chi connectivity index (χ1v) is 16.9. The topological polar surface area (TPSA) is 0 Å². The summed E-state index contributed by atoms with van der Waals surface area (Å²) in [4.78, 5) is 0. The first kappa shape index (κ1) is 27.2. The molecule has 0 aromatic heterocycles. The Morgan fingerprint density at radius 3 is 1.69 bits per heavy atom. The Labute approximate surface area is 280 Å². The van der Waals surface area contributed by atoms with Gasteiger partial charge < -0.3 is 0 Å². The van der Waals surface area contributed by atoms with Gasteiger partial charge in [0.05, 0.1) is 0 Å². The van der Waals surface area contributed by atoms with Crippen LogP contribution in [0.4, 0.5) is 0 Å². The van der Waals surface area contributed by atoms with Gasteiger partial charge in [-0.05, 0) is 106 Å². The number of fused-ring (bicyclic) bond motifs is 9. The molecular formula is C48H32. The Morgan fingerprint density at radius 2 is 0.938 bits per heavy atom. The predicted molar refractivity (Wildman–Crippen MR) is 205 cm³/mol. The van der Waals surface area contributed by atoms with Gasteiger partial charge in [-0.25, -0.2) is 0 Å². The van der Waals surface area contributed by atoms with Crippen LogP contribution >= 0.6 is 0 Å². The lowest BCUT2D eigenvalue weighted by molar-refractivity contribution is 0.720. The van der Waals surface area contributed by atoms with E-state index in [1.165, 1.54) is 93.2 Å². The van der Waals surface area contributed by atoms with Gasteiger partial charge in [-0.2, -0.15) is 0 Å². The van der Waals surface area contributed by atoms with Gasteiger partial charge in [0, 0.05) is 5.41 Å². The second kappa shape index (κ2) is 10.3. The summed E-state index contributed by atoms with van der Waals surface area (Å²) in [6.45, 7) is 2.44. The van der Waals surface area contributed by atoms with E-state index in [0.717, 1.165) is 0 Å². The van der Waals surface area contributed by atoms with Gasteiger partial charge in [-0.1, -0.05) is 170 Å². The highest BCUT2D eigenvalue weighted by Crippen LogP contribution is 2.56. The largest absolute Gasteiger partial charge is 0.0622 e. The summed E-state index contributed by atoms with van der Waals surface area (Å²) in [5.74, 6) is 0. The highest BCUT2D eigenvalue weighted by atomic mass is 14.4. The van der Waals surface area contributed by atoms with E-state index in [4.69, 9.17) is 0 Å². The van der Waals surface area contributed by atoms with Crippen LogP contribution in [-0.4, -0.2) is 0 Å². The average molecular weight is 609 g/mol. The summed E-state index contributed by atoms with van der Waals surface area (Å²) in [5.41, 5.74) is 11.5. The molecular weight excluding hydrogens is 577 g/mol. The zero-order chi connectivity index (χ0) is 31.8. The molecule has 1 atom stereocenters. The maximum Gasteiger partial charge on any atom is 0.0441 e. The fourth-order valence-electron chi connectivity index (χ4n) is 8.75. The maximum atomic E-state index is 2.51. The quantitative estimate of drug-likeness (QED) is 0.138. The fourth-order valence-corrected chi connectivity index (χ4v) is 8.75. The van der Waals surface area contributed by atoms with Crippen molar-refractivity contribution in [2.24, 2.45) is 0 Å². The van der Waals surface area contributed by atoms with Gasteiger partial charge in [0.1, 0.15) is 0 Å². The van der Waals surface area contributed by atoms with Gasteiger partial charge >= 0.3 is 0 Å². The van der Waals surface area contributed by atoms with Crippen LogP contribution in [0.25, 0.3) is 76.5 Å². The van der Waals surface area contributed by atoms with Gasteiger partial charge in [-0.15, -0.1) is 0 Å². The van der Waals surface area contributed by atoms with Crippen molar-refractivity contribution in [3.8, 4) is 33.4 Å². The number of rotatable bonds is 3. The van der Waals surface area contributed by atoms with Crippen LogP contribution in [0.2, 0.25) is 0 Å². The van der Waals surface area contributed by atoms with Crippen molar-refractivity contribution in [2.45, 2.75) is 12.3 Å². The first-order valence-electron chi connectivity index (χ1n) is 16.9. The molecule has 0 fully saturated rings. The standard InChI is InChI=1S/C48H32/c1-48(35-18-6-3-7-19-35)43-30-34(26-27-38(43)41-28-24-32-15-9-11-21-37(32)47(41)48)44-39-22-12-13-23-40(39)45(33-16-4-2-5-17-33)46-36-20-10-8-14-31(36)25-29-42(44)46/h2-30H,1H3. The van der Waals surface area contributed by atoms with E-state index in [9.17, 15) is 0 Å². The summed E-state index contributed by atoms with van der Waals surface area (Å²) in [7, 11) is 0. The van der Waals surface area contributed by atoms with E-state index in [1.807, 2.05) is 0 Å². The smallest absolute Gasteiger partial charge is 0.0441 e. The first-order chi connectivity index (χ1) is 23.7. The zero-order valence-corrected chi connectivity index (χ0v) is 26.7. The van der Waals surface area contributed by atoms with Crippen LogP contribution in [-0.2, 0) is 5.41 Å². The summed E-state index contributed by atoms with van der Waals surface area (Å²) in [6.07, 6.45) is 0. The van der Waals surface area contributed by atoms with Crippen LogP contribution < -0.4 is 0 Å². The molecule has 0 radical (unpaired) electrons. The van der Waals surface area contributed by atoms with Crippen LogP contribution in [0, 0.1) is 0 Å². The minimum Gasteiger partial charge on any atom is -0.0622 e. The number of hydrogen-bond acceptors (Lipinski definition) is 0. The Morgan fingerprint density at radius 1 is 0.375 bits per heavy atom. The van der Waals surface area contributed by atoms with E-state index >= 15 is 0 Å². The van der Waals surface area contributed by atoms with Crippen LogP contribution in [0.3, 0.4) is 0 Å². The van der Waals surface area contributed by atoms with Crippen molar-refractivity contribution in [1.29, 1.82) is 0 Å². The molecule has 0 heteroatoms. The molecule has 0 nitrogen and oxygen atoms in total. The summed E-state index contributed by atoms with van der Waals surface area (Å²) >= 11 is 0. The lowest BCUT2D eigenvalue weighted by Gasteiger charge is -2.30. The minimum atomic E-state index is -0.314. The molecule has 1 aliphatic carbocycles. The van der Waals surface area contributed by atoms with Crippen molar-refractivity contribution in [2.75, 3.05) is 0 Å². The van der Waals surface area contributed by atoms with Gasteiger partial charge in [-0.3, -0.25) is 0 Å². The Bertz CT molecular complexity index is 2720. The number of benzene rings is 9. The van der Waals surface area contributed by atoms with Gasteiger partial charge in [0.25, 0.3) is 0 Å². The molecule has 0 aliphatic heterocycles. The summed E-state index contributed by atoms with van der Waals surface area (Å²) in [6, 6.07) is 65.3. The highest BCUT2D eigenvalue weighted by Gasteiger charge is 2.42. The third-order valence-electron chi connectivity index (χ3n) is 10.9. The molecule has 0 bridgehead atoms. The fraction of sp³-hybridized carbons (Fsp3) is 0.0417. The molecule has 0 spiro atoms. The van der Waals surface area contributed by atoms with Crippen LogP contribution in [0.15, 0.2) is 176 Å². The van der Waals surface area contributed by atoms with E-state index in [1.54, 1.807) is 0 Å². The predicted octanol–water partition coefficient (Wildman–Crippen LogP) is 13.0. The highest BCUT2D eigenvalue weighted by molar-refractivity contribution is 6.28. The molecule has 48 heavy (non-hydrogen) atoms. The van der Waals surface area contributed by atoms with Crippen molar-refractivity contribution < 1.29 is 0 Å². The Balaban J connectivity index is 1.34. The zero-order valence-electron chi connectivity index (χ0n) is 26.7. The lowest BCUT2D eigenvalue weighted by Crippen LogP contribution is -2.22. The molecule has 0 N–H and O–H groups in total. The molecule has 1 aliphatic rings. The monoisotopic (exact) mass is 608 g/mol. The van der Waals surface area contributed by atoms with Crippen LogP contribution in [0.1, 0.15) is 23.6 Å². The molecule has 10 rings (SSSR count). The normalized spacial score (nSPS) is 15.3. The Kier molecular flexibility index (Phi) is 5.81. The second-order valence-corrected chi connectivity index (χ2v) is 13.3. The molecule has 0 saturated heterocycles. The van der Waals surface area contributed by atoms with Crippen molar-refractivity contribution in [1.82, 2.24) is 0 Å². The average Bonchev–Trinajstić information content (AvgIpc) is 3.42. The molecule has 1 unspecified atom stereocenters. The summed E-state index contributed by atoms with van der Waals surface area (Å²) < 4.78 is 0. The van der Waals surface area contributed by atoms with E-state index in [0.29, 0.717) is 0 Å². The lowest BCUT2D eigenvalue weighted by atomic mass is 9.72. The van der Waals surface area contributed by atoms with Crippen LogP contribution in [0.5, 0.6) is 0 Å². The Hall–Kier alpha value is -5.98. The van der Waals surface area contributed by atoms with Crippen molar-refractivity contribution >= 4 is 43.1 Å². The minimum absolute atomic E-state index is 0.314. The second-order valence-electron chi connectivity index (χ2n) is 13.3. The van der Waals surface area contributed by atoms with Crippen molar-refractivity contribution in [3.63, 3.8) is 0 Å². The molecule has 9 aromatic carbocycles. The van der Waals surface area contributed by atoms with Crippen molar-refractivity contribution in [3.05, 3.63) is 193 Å². The molecule has 0 amide bonds. The van der Waals surface area contributed by atoms with Gasteiger partial charge in [0.2, 0.25) is 0 Å². The van der Waals surface area contributed by atoms with E-state index in [-0.39, 0.29) is 5.41 Å². The SMILES string of the molecule is CC1(c2ccccc2)c2cc(-c3c4ccccc4c(-c4ccccc4)c4c3ccc3ccccc34)ccc2-c2ccc3ccccc3c21. The molecule has 9 aromatic rings. The molecule has 0 saturated carbocycles. The third kappa shape index (κ3) is 3.72. The van der Waals surface area contributed by atoms with E-state index < -0.39 is 0 Å². The van der Waals surface area contributed by atoms with E-state index in [2.05, 4.69) is 183 Å². The maximum absolute atomic E-state index is 2.51. The van der Waals surface area contributed by atoms with Gasteiger partial charge in [0.15, 0.2) is 0 Å². The summed E-state index contributed by atoms with van der Waals surface area (Å²) in [5, 5.41) is 10.3.